The number of amides is 2. The molecule has 2 aromatic carbocycles. The zero-order valence-electron chi connectivity index (χ0n) is 13.1. The standard InChI is InChI=1S/C16H18N2O4S/c1-11-10-13(22-2)6-9-15(11)18-16(19)17-12-4-7-14(8-5-12)23(3,20)21/h4-10H,1-3H3,(H2,17,18,19). The third-order valence-corrected chi connectivity index (χ3v) is 4.35. The molecule has 0 heterocycles. The van der Waals surface area contributed by atoms with Crippen LogP contribution in [0.5, 0.6) is 5.75 Å². The maximum Gasteiger partial charge on any atom is 0.323 e. The third kappa shape index (κ3) is 4.46. The summed E-state index contributed by atoms with van der Waals surface area (Å²) in [5, 5.41) is 5.38. The van der Waals surface area contributed by atoms with Gasteiger partial charge in [-0.25, -0.2) is 13.2 Å². The van der Waals surface area contributed by atoms with E-state index in [0.717, 1.165) is 11.8 Å². The summed E-state index contributed by atoms with van der Waals surface area (Å²) in [7, 11) is -1.67. The molecule has 0 radical (unpaired) electrons. The van der Waals surface area contributed by atoms with E-state index in [1.54, 1.807) is 19.2 Å². The molecule has 2 amide bonds. The minimum atomic E-state index is -3.25. The van der Waals surface area contributed by atoms with Crippen LogP contribution in [0.2, 0.25) is 0 Å². The number of nitrogens with one attached hydrogen (secondary N) is 2. The summed E-state index contributed by atoms with van der Waals surface area (Å²) in [5.41, 5.74) is 2.03. The molecule has 0 atom stereocenters. The Labute approximate surface area is 135 Å². The van der Waals surface area contributed by atoms with Crippen LogP contribution in [0.15, 0.2) is 47.4 Å². The quantitative estimate of drug-likeness (QED) is 0.900. The Balaban J connectivity index is 2.05. The van der Waals surface area contributed by atoms with Crippen molar-refractivity contribution in [1.29, 1.82) is 0 Å². The van der Waals surface area contributed by atoms with E-state index in [-0.39, 0.29) is 4.90 Å². The lowest BCUT2D eigenvalue weighted by Gasteiger charge is -2.11. The summed E-state index contributed by atoms with van der Waals surface area (Å²) in [6.07, 6.45) is 1.13. The van der Waals surface area contributed by atoms with Gasteiger partial charge in [0.2, 0.25) is 0 Å². The molecule has 0 saturated heterocycles. The van der Waals surface area contributed by atoms with Gasteiger partial charge in [-0.1, -0.05) is 0 Å². The summed E-state index contributed by atoms with van der Waals surface area (Å²) in [5.74, 6) is 0.713. The van der Waals surface area contributed by atoms with Crippen LogP contribution in [0.4, 0.5) is 16.2 Å². The molecule has 2 aromatic rings. The number of methoxy groups -OCH3 is 1. The summed E-state index contributed by atoms with van der Waals surface area (Å²) in [6.45, 7) is 1.86. The van der Waals surface area contributed by atoms with Gasteiger partial charge in [-0.15, -0.1) is 0 Å². The molecule has 0 aromatic heterocycles. The number of rotatable bonds is 4. The minimum Gasteiger partial charge on any atom is -0.497 e. The molecule has 0 fully saturated rings. The van der Waals surface area contributed by atoms with E-state index in [9.17, 15) is 13.2 Å². The fourth-order valence-corrected chi connectivity index (χ4v) is 2.60. The molecule has 6 nitrogen and oxygen atoms in total. The van der Waals surface area contributed by atoms with Crippen molar-refractivity contribution in [1.82, 2.24) is 0 Å². The second-order valence-electron chi connectivity index (χ2n) is 5.06. The van der Waals surface area contributed by atoms with E-state index in [0.29, 0.717) is 17.1 Å². The Morgan fingerprint density at radius 1 is 1.04 bits per heavy atom. The largest absolute Gasteiger partial charge is 0.497 e. The van der Waals surface area contributed by atoms with Gasteiger partial charge in [0.1, 0.15) is 5.75 Å². The number of aryl methyl sites for hydroxylation is 1. The van der Waals surface area contributed by atoms with Crippen LogP contribution >= 0.6 is 0 Å². The third-order valence-electron chi connectivity index (χ3n) is 3.22. The molecule has 0 spiro atoms. The fraction of sp³-hybridized carbons (Fsp3) is 0.188. The first kappa shape index (κ1) is 16.8. The van der Waals surface area contributed by atoms with Gasteiger partial charge in [0.25, 0.3) is 0 Å². The van der Waals surface area contributed by atoms with Crippen molar-refractivity contribution >= 4 is 27.2 Å². The number of benzene rings is 2. The second-order valence-corrected chi connectivity index (χ2v) is 7.07. The molecule has 7 heteroatoms. The van der Waals surface area contributed by atoms with Crippen molar-refractivity contribution in [3.05, 3.63) is 48.0 Å². The SMILES string of the molecule is COc1ccc(NC(=O)Nc2ccc(S(C)(=O)=O)cc2)c(C)c1. The number of anilines is 2. The zero-order chi connectivity index (χ0) is 17.0. The lowest BCUT2D eigenvalue weighted by molar-refractivity contribution is 0.262. The Morgan fingerprint density at radius 3 is 2.22 bits per heavy atom. The molecule has 122 valence electrons. The lowest BCUT2D eigenvalue weighted by atomic mass is 10.2. The monoisotopic (exact) mass is 334 g/mol. The van der Waals surface area contributed by atoms with Crippen LogP contribution in [-0.2, 0) is 9.84 Å². The molecule has 0 unspecified atom stereocenters. The molecule has 0 aliphatic carbocycles. The van der Waals surface area contributed by atoms with Gasteiger partial charge in [-0.2, -0.15) is 0 Å². The molecule has 0 aliphatic rings. The first-order chi connectivity index (χ1) is 10.8. The number of urea groups is 1. The highest BCUT2D eigenvalue weighted by Crippen LogP contribution is 2.21. The first-order valence-corrected chi connectivity index (χ1v) is 8.71. The first-order valence-electron chi connectivity index (χ1n) is 6.82. The average molecular weight is 334 g/mol. The maximum absolute atomic E-state index is 12.0. The average Bonchev–Trinajstić information content (AvgIpc) is 2.49. The molecular formula is C16H18N2O4S. The Hall–Kier alpha value is -2.54. The number of carbonyl (C=O) groups is 1. The number of sulfone groups is 1. The van der Waals surface area contributed by atoms with Gasteiger partial charge >= 0.3 is 6.03 Å². The van der Waals surface area contributed by atoms with Crippen molar-refractivity contribution in [2.24, 2.45) is 0 Å². The van der Waals surface area contributed by atoms with Gasteiger partial charge in [0.15, 0.2) is 9.84 Å². The molecule has 0 bridgehead atoms. The highest BCUT2D eigenvalue weighted by atomic mass is 32.2. The maximum atomic E-state index is 12.0. The van der Waals surface area contributed by atoms with Crippen molar-refractivity contribution in [2.75, 3.05) is 24.0 Å². The normalized spacial score (nSPS) is 10.9. The summed E-state index contributed by atoms with van der Waals surface area (Å²) < 4.78 is 27.9. The minimum absolute atomic E-state index is 0.203. The summed E-state index contributed by atoms with van der Waals surface area (Å²) >= 11 is 0. The van der Waals surface area contributed by atoms with Crippen LogP contribution < -0.4 is 15.4 Å². The Morgan fingerprint density at radius 2 is 1.70 bits per heavy atom. The molecule has 2 N–H and O–H groups in total. The highest BCUT2D eigenvalue weighted by Gasteiger charge is 2.08. The van der Waals surface area contributed by atoms with E-state index < -0.39 is 15.9 Å². The van der Waals surface area contributed by atoms with E-state index in [1.807, 2.05) is 13.0 Å². The van der Waals surface area contributed by atoms with Gasteiger partial charge in [-0.05, 0) is 55.0 Å². The number of hydrogen-bond donors (Lipinski definition) is 2. The van der Waals surface area contributed by atoms with E-state index in [2.05, 4.69) is 10.6 Å². The number of hydrogen-bond acceptors (Lipinski definition) is 4. The van der Waals surface area contributed by atoms with E-state index >= 15 is 0 Å². The van der Waals surface area contributed by atoms with Crippen LogP contribution in [0.25, 0.3) is 0 Å². The Bertz CT molecular complexity index is 814. The van der Waals surface area contributed by atoms with E-state index in [1.165, 1.54) is 24.3 Å². The van der Waals surface area contributed by atoms with Crippen molar-refractivity contribution in [3.63, 3.8) is 0 Å². The fourth-order valence-electron chi connectivity index (χ4n) is 1.97. The summed E-state index contributed by atoms with van der Waals surface area (Å²) in [6, 6.07) is 10.9. The van der Waals surface area contributed by atoms with Crippen LogP contribution in [0.3, 0.4) is 0 Å². The van der Waals surface area contributed by atoms with Crippen LogP contribution in [0, 0.1) is 6.92 Å². The second kappa shape index (κ2) is 6.70. The predicted octanol–water partition coefficient (Wildman–Crippen LogP) is 3.05. The summed E-state index contributed by atoms with van der Waals surface area (Å²) in [4.78, 5) is 12.2. The number of carbonyl (C=O) groups excluding carboxylic acids is 1. The van der Waals surface area contributed by atoms with Crippen molar-refractivity contribution < 1.29 is 17.9 Å². The van der Waals surface area contributed by atoms with Gasteiger partial charge < -0.3 is 15.4 Å². The van der Waals surface area contributed by atoms with Gasteiger partial charge in [-0.3, -0.25) is 0 Å². The van der Waals surface area contributed by atoms with Crippen LogP contribution in [-0.4, -0.2) is 27.8 Å². The van der Waals surface area contributed by atoms with Crippen molar-refractivity contribution in [2.45, 2.75) is 11.8 Å². The molecular weight excluding hydrogens is 316 g/mol. The molecule has 0 aliphatic heterocycles. The number of ether oxygens (including phenoxy) is 1. The lowest BCUT2D eigenvalue weighted by Crippen LogP contribution is -2.20. The van der Waals surface area contributed by atoms with Crippen LogP contribution in [0.1, 0.15) is 5.56 Å². The molecule has 0 saturated carbocycles. The zero-order valence-corrected chi connectivity index (χ0v) is 13.9. The molecule has 23 heavy (non-hydrogen) atoms. The smallest absolute Gasteiger partial charge is 0.323 e. The highest BCUT2D eigenvalue weighted by molar-refractivity contribution is 7.90. The predicted molar refractivity (Wildman–Crippen MR) is 89.9 cm³/mol. The topological polar surface area (TPSA) is 84.5 Å². The van der Waals surface area contributed by atoms with E-state index in [4.69, 9.17) is 4.74 Å². The molecule has 2 rings (SSSR count). The van der Waals surface area contributed by atoms with Crippen molar-refractivity contribution in [3.8, 4) is 5.75 Å². The van der Waals surface area contributed by atoms with Gasteiger partial charge in [0, 0.05) is 17.6 Å². The van der Waals surface area contributed by atoms with Gasteiger partial charge in [0.05, 0.1) is 12.0 Å². The Kier molecular flexibility index (Phi) is 4.90.